The van der Waals surface area contributed by atoms with Gasteiger partial charge in [0.05, 0.1) is 10.7 Å². The molecule has 1 amide bonds. The maximum atomic E-state index is 12.1. The van der Waals surface area contributed by atoms with Gasteiger partial charge in [0.15, 0.2) is 5.84 Å². The van der Waals surface area contributed by atoms with E-state index in [1.807, 2.05) is 6.07 Å². The first kappa shape index (κ1) is 15.5. The first-order valence-corrected chi connectivity index (χ1v) is 7.17. The van der Waals surface area contributed by atoms with Crippen molar-refractivity contribution in [2.45, 2.75) is 0 Å². The second-order valence-corrected chi connectivity index (χ2v) is 5.65. The molecule has 8 heteroatoms. The number of halogens is 2. The Labute approximate surface area is 139 Å². The third-order valence-electron chi connectivity index (χ3n) is 2.58. The Morgan fingerprint density at radius 1 is 1.38 bits per heavy atom. The summed E-state index contributed by atoms with van der Waals surface area (Å²) in [4.78, 5) is 16.0. The standard InChI is InChI=1S/C13H10ClIN4O2/c14-9-5-8(15)2-4-10(9)18-13(20)11-3-1-7(6-17-11)12(16)19-21/h1-6,21H,(H2,16,19)(H,18,20). The summed E-state index contributed by atoms with van der Waals surface area (Å²) in [5, 5.41) is 14.5. The molecule has 0 bridgehead atoms. The Hall–Kier alpha value is -1.87. The topological polar surface area (TPSA) is 101 Å². The summed E-state index contributed by atoms with van der Waals surface area (Å²) in [5.74, 6) is -0.473. The van der Waals surface area contributed by atoms with Gasteiger partial charge in [-0.2, -0.15) is 0 Å². The van der Waals surface area contributed by atoms with E-state index in [4.69, 9.17) is 22.5 Å². The summed E-state index contributed by atoms with van der Waals surface area (Å²) < 4.78 is 0.969. The number of benzene rings is 1. The average Bonchev–Trinajstić information content (AvgIpc) is 2.49. The van der Waals surface area contributed by atoms with Crippen LogP contribution < -0.4 is 11.1 Å². The van der Waals surface area contributed by atoms with E-state index in [0.29, 0.717) is 16.3 Å². The number of aromatic nitrogens is 1. The molecule has 0 atom stereocenters. The van der Waals surface area contributed by atoms with Gasteiger partial charge in [-0.3, -0.25) is 9.78 Å². The Balaban J connectivity index is 2.17. The van der Waals surface area contributed by atoms with E-state index >= 15 is 0 Å². The number of anilines is 1. The number of carbonyl (C=O) groups excluding carboxylic acids is 1. The second-order valence-electron chi connectivity index (χ2n) is 4.00. The number of nitrogens with zero attached hydrogens (tertiary/aromatic N) is 2. The van der Waals surface area contributed by atoms with Gasteiger partial charge in [0, 0.05) is 15.3 Å². The van der Waals surface area contributed by atoms with E-state index < -0.39 is 5.91 Å². The van der Waals surface area contributed by atoms with Crippen LogP contribution in [0.2, 0.25) is 5.02 Å². The number of amidine groups is 1. The van der Waals surface area contributed by atoms with Crippen LogP contribution >= 0.6 is 34.2 Å². The van der Waals surface area contributed by atoms with E-state index in [0.717, 1.165) is 3.57 Å². The SMILES string of the molecule is N/C(=N/O)c1ccc(C(=O)Nc2ccc(I)cc2Cl)nc1. The summed E-state index contributed by atoms with van der Waals surface area (Å²) in [6, 6.07) is 8.30. The van der Waals surface area contributed by atoms with Gasteiger partial charge in [0.25, 0.3) is 5.91 Å². The lowest BCUT2D eigenvalue weighted by molar-refractivity contribution is 0.102. The number of carbonyl (C=O) groups is 1. The van der Waals surface area contributed by atoms with Crippen molar-refractivity contribution < 1.29 is 10.0 Å². The highest BCUT2D eigenvalue weighted by molar-refractivity contribution is 14.1. The van der Waals surface area contributed by atoms with Crippen LogP contribution in [0.25, 0.3) is 0 Å². The van der Waals surface area contributed by atoms with Crippen molar-refractivity contribution in [1.82, 2.24) is 4.98 Å². The van der Waals surface area contributed by atoms with Crippen LogP contribution in [0.1, 0.15) is 16.1 Å². The highest BCUT2D eigenvalue weighted by Crippen LogP contribution is 2.24. The predicted molar refractivity (Wildman–Crippen MR) is 88.9 cm³/mol. The van der Waals surface area contributed by atoms with Crippen LogP contribution in [-0.2, 0) is 0 Å². The number of hydrogen-bond acceptors (Lipinski definition) is 4. The molecule has 0 aliphatic rings. The molecule has 1 aromatic heterocycles. The quantitative estimate of drug-likeness (QED) is 0.235. The van der Waals surface area contributed by atoms with E-state index in [2.05, 4.69) is 38.0 Å². The first-order chi connectivity index (χ1) is 10.0. The summed E-state index contributed by atoms with van der Waals surface area (Å²) in [6.07, 6.45) is 1.35. The predicted octanol–water partition coefficient (Wildman–Crippen LogP) is 2.69. The Morgan fingerprint density at radius 3 is 2.71 bits per heavy atom. The van der Waals surface area contributed by atoms with Gasteiger partial charge < -0.3 is 16.3 Å². The molecule has 4 N–H and O–H groups in total. The number of amides is 1. The van der Waals surface area contributed by atoms with E-state index in [1.165, 1.54) is 18.3 Å². The van der Waals surface area contributed by atoms with Gasteiger partial charge >= 0.3 is 0 Å². The Bertz CT molecular complexity index is 704. The van der Waals surface area contributed by atoms with Crippen molar-refractivity contribution in [3.63, 3.8) is 0 Å². The fourth-order valence-electron chi connectivity index (χ4n) is 1.51. The highest BCUT2D eigenvalue weighted by atomic mass is 127. The van der Waals surface area contributed by atoms with Gasteiger partial charge in [0.1, 0.15) is 5.69 Å². The molecule has 0 spiro atoms. The number of pyridine rings is 1. The minimum Gasteiger partial charge on any atom is -0.409 e. The molecule has 6 nitrogen and oxygen atoms in total. The molecule has 1 aromatic carbocycles. The van der Waals surface area contributed by atoms with E-state index in [1.54, 1.807) is 12.1 Å². The normalized spacial score (nSPS) is 11.2. The van der Waals surface area contributed by atoms with E-state index in [9.17, 15) is 4.79 Å². The highest BCUT2D eigenvalue weighted by Gasteiger charge is 2.10. The molecule has 108 valence electrons. The monoisotopic (exact) mass is 416 g/mol. The third kappa shape index (κ3) is 3.82. The molecule has 0 aliphatic carbocycles. The van der Waals surface area contributed by atoms with Crippen molar-refractivity contribution >= 4 is 51.6 Å². The number of hydrogen-bond donors (Lipinski definition) is 3. The molecule has 21 heavy (non-hydrogen) atoms. The van der Waals surface area contributed by atoms with Gasteiger partial charge in [0.2, 0.25) is 0 Å². The molecule has 0 fully saturated rings. The molecule has 2 rings (SSSR count). The lowest BCUT2D eigenvalue weighted by atomic mass is 10.2. The van der Waals surface area contributed by atoms with Crippen molar-refractivity contribution in [3.05, 3.63) is 56.4 Å². The van der Waals surface area contributed by atoms with Crippen LogP contribution in [0, 0.1) is 3.57 Å². The minimum atomic E-state index is -0.399. The zero-order valence-corrected chi connectivity index (χ0v) is 13.5. The smallest absolute Gasteiger partial charge is 0.274 e. The van der Waals surface area contributed by atoms with Crippen LogP contribution in [-0.4, -0.2) is 21.9 Å². The van der Waals surface area contributed by atoms with Crippen molar-refractivity contribution in [3.8, 4) is 0 Å². The molecule has 0 aliphatic heterocycles. The molecule has 0 unspecified atom stereocenters. The molecule has 0 saturated carbocycles. The van der Waals surface area contributed by atoms with Crippen molar-refractivity contribution in [2.24, 2.45) is 10.9 Å². The zero-order valence-electron chi connectivity index (χ0n) is 10.5. The summed E-state index contributed by atoms with van der Waals surface area (Å²) >= 11 is 8.17. The third-order valence-corrected chi connectivity index (χ3v) is 3.56. The zero-order chi connectivity index (χ0) is 15.4. The van der Waals surface area contributed by atoms with Crippen LogP contribution in [0.3, 0.4) is 0 Å². The maximum absolute atomic E-state index is 12.1. The van der Waals surface area contributed by atoms with Gasteiger partial charge in [-0.1, -0.05) is 16.8 Å². The maximum Gasteiger partial charge on any atom is 0.274 e. The minimum absolute atomic E-state index is 0.0739. The molecular formula is C13H10ClIN4O2. The summed E-state index contributed by atoms with van der Waals surface area (Å²) in [7, 11) is 0. The number of oxime groups is 1. The number of nitrogens with two attached hydrogens (primary N) is 1. The van der Waals surface area contributed by atoms with Crippen LogP contribution in [0.5, 0.6) is 0 Å². The van der Waals surface area contributed by atoms with Gasteiger partial charge in [-0.25, -0.2) is 0 Å². The largest absolute Gasteiger partial charge is 0.409 e. The molecule has 0 saturated heterocycles. The molecule has 0 radical (unpaired) electrons. The number of rotatable bonds is 3. The van der Waals surface area contributed by atoms with Crippen LogP contribution in [0.4, 0.5) is 5.69 Å². The summed E-state index contributed by atoms with van der Waals surface area (Å²) in [5.41, 5.74) is 6.53. The lowest BCUT2D eigenvalue weighted by Crippen LogP contribution is -2.16. The van der Waals surface area contributed by atoms with E-state index in [-0.39, 0.29) is 11.5 Å². The van der Waals surface area contributed by atoms with Crippen molar-refractivity contribution in [2.75, 3.05) is 5.32 Å². The lowest BCUT2D eigenvalue weighted by Gasteiger charge is -2.07. The fourth-order valence-corrected chi connectivity index (χ4v) is 2.42. The summed E-state index contributed by atoms with van der Waals surface area (Å²) in [6.45, 7) is 0. The van der Waals surface area contributed by atoms with Crippen molar-refractivity contribution in [1.29, 1.82) is 0 Å². The molecule has 1 heterocycles. The Kier molecular flexibility index (Phi) is 4.97. The number of nitrogens with one attached hydrogen (secondary N) is 1. The van der Waals surface area contributed by atoms with Crippen LogP contribution in [0.15, 0.2) is 41.7 Å². The molecule has 2 aromatic rings. The molecular weight excluding hydrogens is 407 g/mol. The average molecular weight is 417 g/mol. The van der Waals surface area contributed by atoms with Gasteiger partial charge in [-0.05, 0) is 52.9 Å². The second kappa shape index (κ2) is 6.72. The fraction of sp³-hybridized carbons (Fsp3) is 0. The van der Waals surface area contributed by atoms with Gasteiger partial charge in [-0.15, -0.1) is 0 Å². The Morgan fingerprint density at radius 2 is 2.14 bits per heavy atom. The first-order valence-electron chi connectivity index (χ1n) is 5.71.